The third-order valence-corrected chi connectivity index (χ3v) is 4.28. The van der Waals surface area contributed by atoms with Crippen LogP contribution in [-0.4, -0.2) is 16.7 Å². The Kier molecular flexibility index (Phi) is 3.29. The van der Waals surface area contributed by atoms with Crippen LogP contribution in [-0.2, 0) is 17.8 Å². The number of carbonyl (C=O) groups is 2. The Bertz CT molecular complexity index is 757. The third kappa shape index (κ3) is 2.13. The lowest BCUT2D eigenvalue weighted by atomic mass is 10.1. The summed E-state index contributed by atoms with van der Waals surface area (Å²) in [5.74, 6) is -3.63. The fourth-order valence-electron chi connectivity index (χ4n) is 2.25. The van der Waals surface area contributed by atoms with Gasteiger partial charge in [-0.2, -0.15) is 0 Å². The van der Waals surface area contributed by atoms with Crippen LogP contribution < -0.4 is 4.90 Å². The number of amides is 1. The summed E-state index contributed by atoms with van der Waals surface area (Å²) in [6, 6.07) is 1.76. The highest BCUT2D eigenvalue weighted by Gasteiger charge is 2.40. The number of aromatic nitrogens is 1. The van der Waals surface area contributed by atoms with E-state index in [1.807, 2.05) is 6.92 Å². The number of halogens is 2. The van der Waals surface area contributed by atoms with E-state index in [9.17, 15) is 18.4 Å². The molecule has 1 aromatic carbocycles. The molecule has 1 aliphatic heterocycles. The molecule has 0 atom stereocenters. The van der Waals surface area contributed by atoms with E-state index in [1.165, 1.54) is 11.3 Å². The van der Waals surface area contributed by atoms with Crippen molar-refractivity contribution in [1.82, 2.24) is 4.98 Å². The summed E-state index contributed by atoms with van der Waals surface area (Å²) in [7, 11) is 0. The number of thiazole rings is 1. The van der Waals surface area contributed by atoms with Gasteiger partial charge >= 0.3 is 0 Å². The molecule has 0 aliphatic carbocycles. The average Bonchev–Trinajstić information content (AvgIpc) is 3.02. The van der Waals surface area contributed by atoms with Crippen molar-refractivity contribution in [3.05, 3.63) is 45.4 Å². The first kappa shape index (κ1) is 13.8. The molecule has 4 nitrogen and oxygen atoms in total. The lowest BCUT2D eigenvalue weighted by Gasteiger charge is -2.15. The maximum Gasteiger partial charge on any atom is 0.300 e. The highest BCUT2D eigenvalue weighted by molar-refractivity contribution is 7.09. The Morgan fingerprint density at radius 2 is 1.95 bits per heavy atom. The van der Waals surface area contributed by atoms with E-state index in [2.05, 4.69) is 4.98 Å². The quantitative estimate of drug-likeness (QED) is 0.819. The van der Waals surface area contributed by atoms with E-state index in [4.69, 9.17) is 0 Å². The molecule has 2 heterocycles. The van der Waals surface area contributed by atoms with Gasteiger partial charge in [0.25, 0.3) is 11.7 Å². The summed E-state index contributed by atoms with van der Waals surface area (Å²) in [6.45, 7) is 1.89. The van der Waals surface area contributed by atoms with Crippen LogP contribution in [0.3, 0.4) is 0 Å². The minimum Gasteiger partial charge on any atom is -0.296 e. The minimum absolute atomic E-state index is 0.0472. The Morgan fingerprint density at radius 3 is 2.62 bits per heavy atom. The Labute approximate surface area is 123 Å². The first-order chi connectivity index (χ1) is 10.0. The van der Waals surface area contributed by atoms with E-state index in [0.717, 1.165) is 28.5 Å². The molecule has 0 fully saturated rings. The summed E-state index contributed by atoms with van der Waals surface area (Å²) < 4.78 is 27.6. The molecule has 0 unspecified atom stereocenters. The van der Waals surface area contributed by atoms with Gasteiger partial charge in [0.1, 0.15) is 11.6 Å². The molecule has 21 heavy (non-hydrogen) atoms. The van der Waals surface area contributed by atoms with Gasteiger partial charge in [0.2, 0.25) is 0 Å². The molecular weight excluding hydrogens is 298 g/mol. The number of benzene rings is 1. The molecule has 7 heteroatoms. The number of nitrogens with zero attached hydrogens (tertiary/aromatic N) is 2. The average molecular weight is 308 g/mol. The van der Waals surface area contributed by atoms with Gasteiger partial charge in [0, 0.05) is 5.38 Å². The second kappa shape index (κ2) is 5.00. The van der Waals surface area contributed by atoms with Crippen LogP contribution in [0, 0.1) is 11.6 Å². The lowest BCUT2D eigenvalue weighted by molar-refractivity contribution is -0.114. The highest BCUT2D eigenvalue weighted by atomic mass is 32.1. The number of hydrogen-bond acceptors (Lipinski definition) is 4. The molecule has 1 amide bonds. The summed E-state index contributed by atoms with van der Waals surface area (Å²) in [4.78, 5) is 29.0. The molecule has 3 rings (SSSR count). The predicted octanol–water partition coefficient (Wildman–Crippen LogP) is 2.71. The van der Waals surface area contributed by atoms with E-state index >= 15 is 0 Å². The topological polar surface area (TPSA) is 50.3 Å². The number of anilines is 1. The largest absolute Gasteiger partial charge is 0.300 e. The van der Waals surface area contributed by atoms with Gasteiger partial charge in [-0.1, -0.05) is 6.92 Å². The second-order valence-electron chi connectivity index (χ2n) is 4.56. The SMILES string of the molecule is CCc1nc(CN2C(=O)C(=O)c3c(F)ccc(F)c32)cs1. The molecule has 108 valence electrons. The molecule has 0 saturated heterocycles. The maximum absolute atomic E-state index is 13.9. The van der Waals surface area contributed by atoms with Gasteiger partial charge in [-0.3, -0.25) is 14.5 Å². The summed E-state index contributed by atoms with van der Waals surface area (Å²) in [5.41, 5.74) is -0.239. The molecular formula is C14H10F2N2O2S. The number of ketones is 1. The molecule has 0 saturated carbocycles. The normalized spacial score (nSPS) is 14.0. The van der Waals surface area contributed by atoms with Crippen LogP contribution in [0.1, 0.15) is 28.0 Å². The van der Waals surface area contributed by atoms with E-state index in [0.29, 0.717) is 5.69 Å². The molecule has 0 spiro atoms. The summed E-state index contributed by atoms with van der Waals surface area (Å²) in [5, 5.41) is 2.62. The van der Waals surface area contributed by atoms with Crippen LogP contribution in [0.4, 0.5) is 14.5 Å². The zero-order chi connectivity index (χ0) is 15.1. The van der Waals surface area contributed by atoms with Gasteiger partial charge in [0.05, 0.1) is 28.5 Å². The van der Waals surface area contributed by atoms with Crippen molar-refractivity contribution in [2.24, 2.45) is 0 Å². The first-order valence-electron chi connectivity index (χ1n) is 6.30. The van der Waals surface area contributed by atoms with Crippen molar-refractivity contribution >= 4 is 28.7 Å². The van der Waals surface area contributed by atoms with Crippen molar-refractivity contribution in [1.29, 1.82) is 0 Å². The van der Waals surface area contributed by atoms with Crippen LogP contribution >= 0.6 is 11.3 Å². The van der Waals surface area contributed by atoms with Gasteiger partial charge in [0.15, 0.2) is 0 Å². The fraction of sp³-hybridized carbons (Fsp3) is 0.214. The second-order valence-corrected chi connectivity index (χ2v) is 5.50. The van der Waals surface area contributed by atoms with E-state index < -0.39 is 28.9 Å². The van der Waals surface area contributed by atoms with Crippen LogP contribution in [0.5, 0.6) is 0 Å². The monoisotopic (exact) mass is 308 g/mol. The lowest BCUT2D eigenvalue weighted by Crippen LogP contribution is -2.29. The third-order valence-electron chi connectivity index (χ3n) is 3.24. The van der Waals surface area contributed by atoms with Crippen molar-refractivity contribution < 1.29 is 18.4 Å². The van der Waals surface area contributed by atoms with E-state index in [1.54, 1.807) is 5.38 Å². The predicted molar refractivity (Wildman–Crippen MR) is 73.4 cm³/mol. The van der Waals surface area contributed by atoms with Crippen molar-refractivity contribution in [2.45, 2.75) is 19.9 Å². The Hall–Kier alpha value is -2.15. The number of hydrogen-bond donors (Lipinski definition) is 0. The molecule has 1 aromatic heterocycles. The Balaban J connectivity index is 2.03. The van der Waals surface area contributed by atoms with Gasteiger partial charge in [-0.15, -0.1) is 11.3 Å². The smallest absolute Gasteiger partial charge is 0.296 e. The standard InChI is InChI=1S/C14H10F2N2O2S/c1-2-10-17-7(6-21-10)5-18-12-9(16)4-3-8(15)11(12)13(19)14(18)20/h3-4,6H,2,5H2,1H3. The van der Waals surface area contributed by atoms with Gasteiger partial charge in [-0.05, 0) is 18.6 Å². The molecule has 1 aliphatic rings. The van der Waals surface area contributed by atoms with Crippen LogP contribution in [0.15, 0.2) is 17.5 Å². The molecule has 0 N–H and O–H groups in total. The zero-order valence-corrected chi connectivity index (χ0v) is 11.8. The number of aryl methyl sites for hydroxylation is 1. The molecule has 2 aromatic rings. The highest BCUT2D eigenvalue weighted by Crippen LogP contribution is 2.34. The van der Waals surface area contributed by atoms with Gasteiger partial charge < -0.3 is 0 Å². The Morgan fingerprint density at radius 1 is 1.24 bits per heavy atom. The molecule has 0 bridgehead atoms. The molecule has 0 radical (unpaired) electrons. The van der Waals surface area contributed by atoms with Crippen molar-refractivity contribution in [3.63, 3.8) is 0 Å². The number of rotatable bonds is 3. The van der Waals surface area contributed by atoms with Crippen molar-refractivity contribution in [3.8, 4) is 0 Å². The van der Waals surface area contributed by atoms with Crippen LogP contribution in [0.2, 0.25) is 0 Å². The van der Waals surface area contributed by atoms with Crippen LogP contribution in [0.25, 0.3) is 0 Å². The maximum atomic E-state index is 13.9. The van der Waals surface area contributed by atoms with E-state index in [-0.39, 0.29) is 12.2 Å². The number of Topliss-reactive ketones (excluding diaryl/α,β-unsaturated/α-hetero) is 1. The zero-order valence-electron chi connectivity index (χ0n) is 11.0. The van der Waals surface area contributed by atoms with Gasteiger partial charge in [-0.25, -0.2) is 13.8 Å². The first-order valence-corrected chi connectivity index (χ1v) is 7.18. The fourth-order valence-corrected chi connectivity index (χ4v) is 2.98. The summed E-state index contributed by atoms with van der Waals surface area (Å²) >= 11 is 1.42. The summed E-state index contributed by atoms with van der Waals surface area (Å²) in [6.07, 6.45) is 0.747. The number of fused-ring (bicyclic) bond motifs is 1. The number of carbonyl (C=O) groups excluding carboxylic acids is 2. The van der Waals surface area contributed by atoms with Crippen molar-refractivity contribution in [2.75, 3.05) is 4.90 Å². The minimum atomic E-state index is -1.02.